The second-order valence-corrected chi connectivity index (χ2v) is 45.1. The van der Waals surface area contributed by atoms with E-state index in [1.807, 2.05) is 0 Å². The summed E-state index contributed by atoms with van der Waals surface area (Å²) in [7, 11) is -3.53. The highest BCUT2D eigenvalue weighted by atomic mass is 31.2. The molecule has 0 aliphatic heterocycles. The fraction of sp³-hybridized carbons (Fsp3) is 0.370. The predicted molar refractivity (Wildman–Crippen MR) is 501 cm³/mol. The Morgan fingerprint density at radius 2 is 0.457 bits per heavy atom. The summed E-state index contributed by atoms with van der Waals surface area (Å²) < 4.78 is 26.9. The lowest BCUT2D eigenvalue weighted by atomic mass is 9.78. The molecule has 16 rings (SSSR count). The topological polar surface area (TPSA) is 38.2 Å². The number of aromatic nitrogens is 4. The maximum Gasteiger partial charge on any atom is 0.318 e. The predicted octanol–water partition coefficient (Wildman–Crippen LogP) is 31.4. The van der Waals surface area contributed by atoms with Crippen LogP contribution in [0.15, 0.2) is 219 Å². The van der Waals surface area contributed by atoms with Gasteiger partial charge in [-0.15, -0.1) is 0 Å². The number of hydrogen-bond acceptors (Lipinski definition) is 2. The lowest BCUT2D eigenvalue weighted by Crippen LogP contribution is -2.16. The van der Waals surface area contributed by atoms with Crippen molar-refractivity contribution in [2.45, 2.75) is 261 Å². The van der Waals surface area contributed by atoms with Crippen LogP contribution >= 0.6 is 16.9 Å². The van der Waals surface area contributed by atoms with Gasteiger partial charge in [-0.1, -0.05) is 300 Å². The van der Waals surface area contributed by atoms with Crippen molar-refractivity contribution in [1.82, 2.24) is 17.4 Å². The molecule has 6 nitrogen and oxygen atoms in total. The Balaban J connectivity index is 0.931. The standard InChI is InChI=1S/C108H124N4O2P2/c1-101(2,3)75-57-71(58-76(65-75)102(4,5)6)83-37-29-41-93-89(83)49-53-109(93)115(110-54-50-90-84(38-30-42-94(90)110)72-59-77(103(7,8)9)66-78(60-72)104(10,11)12)113-97-47-45-69-33-25-27-35-87(69)99(97)100-88-36-28-26-34-70(88)46-48-98(100)114-116(111-55-51-91-85(39-31-43-95(91)111)73-61-79(105(13,14)15)67-80(62-73)106(16,17)18)112-56-52-92-86(40-32-44-96(92)112)74-63-81(107(19,20)21)68-82(64-74)108(22,23)24/h29-32,37-68H,25-28,33-36H2,1-24H3. The van der Waals surface area contributed by atoms with Crippen molar-refractivity contribution in [2.24, 2.45) is 0 Å². The molecule has 0 spiro atoms. The third kappa shape index (κ3) is 15.4. The molecular weight excluding hydrogens is 1450 g/mol. The van der Waals surface area contributed by atoms with Gasteiger partial charge in [0.15, 0.2) is 0 Å². The molecule has 0 fully saturated rings. The summed E-state index contributed by atoms with van der Waals surface area (Å²) in [6.45, 7) is 56.2. The molecule has 0 radical (unpaired) electrons. The van der Waals surface area contributed by atoms with Gasteiger partial charge in [-0.25, -0.2) is 0 Å². The molecule has 0 bridgehead atoms. The summed E-state index contributed by atoms with van der Waals surface area (Å²) in [5.41, 5.74) is 32.5. The van der Waals surface area contributed by atoms with E-state index in [1.54, 1.807) is 0 Å². The van der Waals surface area contributed by atoms with E-state index in [1.165, 1.54) is 144 Å². The number of fused-ring (bicyclic) bond motifs is 6. The second-order valence-electron chi connectivity index (χ2n) is 42.0. The first-order chi connectivity index (χ1) is 54.5. The highest BCUT2D eigenvalue weighted by Gasteiger charge is 2.35. The van der Waals surface area contributed by atoms with E-state index < -0.39 is 16.9 Å². The van der Waals surface area contributed by atoms with Crippen molar-refractivity contribution in [1.29, 1.82) is 0 Å². The second kappa shape index (κ2) is 29.4. The molecule has 598 valence electrons. The Morgan fingerprint density at radius 1 is 0.241 bits per heavy atom. The van der Waals surface area contributed by atoms with Crippen LogP contribution in [0.2, 0.25) is 0 Å². The quantitative estimate of drug-likeness (QED) is 0.108. The van der Waals surface area contributed by atoms with E-state index in [4.69, 9.17) is 9.05 Å². The van der Waals surface area contributed by atoms with E-state index in [0.717, 1.165) is 84.9 Å². The van der Waals surface area contributed by atoms with Gasteiger partial charge in [0.2, 0.25) is 0 Å². The van der Waals surface area contributed by atoms with Crippen LogP contribution in [0.1, 0.15) is 259 Å². The van der Waals surface area contributed by atoms with Crippen LogP contribution in [0.3, 0.4) is 0 Å². The SMILES string of the molecule is CC(C)(C)c1cc(-c2cccc3c2ccn3P(Oc2ccc3c(c2-c2c(OP(n4ccc5c(-c6cc(C(C)(C)C)cc(C(C)(C)C)c6)cccc54)n4ccc5c(-c6cc(C(C)(C)C)cc(C(C)(C)C)c6)cccc54)ccc4c2CCCC4)CCCC3)n2ccc3c(-c4cc(C(C)(C)C)cc(C(C)(C)C)c4)cccc32)cc(C(C)(C)C)c1. The van der Waals surface area contributed by atoms with Crippen molar-refractivity contribution >= 4 is 60.5 Å². The van der Waals surface area contributed by atoms with Crippen molar-refractivity contribution in [3.63, 3.8) is 0 Å². The summed E-state index contributed by atoms with van der Waals surface area (Å²) in [6.07, 6.45) is 17.7. The monoisotopic (exact) mass is 1570 g/mol. The van der Waals surface area contributed by atoms with Gasteiger partial charge in [-0.3, -0.25) is 17.4 Å². The van der Waals surface area contributed by atoms with Crippen LogP contribution in [0.25, 0.3) is 99.2 Å². The smallest absolute Gasteiger partial charge is 0.318 e. The minimum Gasteiger partial charge on any atom is -0.435 e. The molecule has 2 aliphatic carbocycles. The van der Waals surface area contributed by atoms with Gasteiger partial charge in [0.25, 0.3) is 0 Å². The largest absolute Gasteiger partial charge is 0.435 e. The third-order valence-corrected chi connectivity index (χ3v) is 28.7. The molecule has 116 heavy (non-hydrogen) atoms. The lowest BCUT2D eigenvalue weighted by Gasteiger charge is -2.31. The Labute approximate surface area is 696 Å². The van der Waals surface area contributed by atoms with Gasteiger partial charge < -0.3 is 9.05 Å². The van der Waals surface area contributed by atoms with Gasteiger partial charge in [-0.2, -0.15) is 0 Å². The molecular formula is C108H124N4O2P2. The molecule has 0 atom stereocenters. The van der Waals surface area contributed by atoms with Gasteiger partial charge >= 0.3 is 16.9 Å². The fourth-order valence-corrected chi connectivity index (χ4v) is 21.3. The molecule has 2 aliphatic rings. The van der Waals surface area contributed by atoms with E-state index in [-0.39, 0.29) is 43.3 Å². The number of benzene rings is 10. The highest BCUT2D eigenvalue weighted by molar-refractivity contribution is 7.50. The molecule has 0 amide bonds. The number of hydrogen-bond donors (Lipinski definition) is 0. The molecule has 10 aromatic carbocycles. The van der Waals surface area contributed by atoms with Crippen LogP contribution in [0.4, 0.5) is 0 Å². The van der Waals surface area contributed by atoms with Crippen LogP contribution in [-0.2, 0) is 69.0 Å². The van der Waals surface area contributed by atoms with Gasteiger partial charge in [0.05, 0.1) is 22.1 Å². The molecule has 8 heteroatoms. The number of rotatable bonds is 13. The van der Waals surface area contributed by atoms with Crippen molar-refractivity contribution in [3.8, 4) is 67.1 Å². The summed E-state index contributed by atoms with van der Waals surface area (Å²) in [5, 5.41) is 4.79. The minimum absolute atomic E-state index is 0.0549. The summed E-state index contributed by atoms with van der Waals surface area (Å²) in [6, 6.07) is 76.1. The van der Waals surface area contributed by atoms with Crippen LogP contribution < -0.4 is 9.05 Å². The molecule has 0 N–H and O–H groups in total. The Morgan fingerprint density at radius 3 is 0.672 bits per heavy atom. The summed E-state index contributed by atoms with van der Waals surface area (Å²) in [5.74, 6) is 1.76. The number of nitrogens with zero attached hydrogens (tertiary/aromatic N) is 4. The first-order valence-corrected chi connectivity index (χ1v) is 45.2. The van der Waals surface area contributed by atoms with Gasteiger partial charge in [0, 0.05) is 57.5 Å². The molecule has 0 saturated carbocycles. The molecule has 0 saturated heterocycles. The Kier molecular flexibility index (Phi) is 20.4. The minimum atomic E-state index is -1.76. The van der Waals surface area contributed by atoms with Crippen LogP contribution in [0.5, 0.6) is 11.5 Å². The highest BCUT2D eigenvalue weighted by Crippen LogP contribution is 2.58. The maximum atomic E-state index is 8.49. The van der Waals surface area contributed by atoms with Crippen molar-refractivity contribution in [2.75, 3.05) is 0 Å². The zero-order valence-corrected chi connectivity index (χ0v) is 75.7. The third-order valence-electron chi connectivity index (χ3n) is 25.1. The van der Waals surface area contributed by atoms with E-state index in [2.05, 4.69) is 402 Å². The normalized spacial score (nSPS) is 14.3. The lowest BCUT2D eigenvalue weighted by molar-refractivity contribution is 0.568. The average Bonchev–Trinajstić information content (AvgIpc) is 1.53. The van der Waals surface area contributed by atoms with Crippen LogP contribution in [-0.4, -0.2) is 17.4 Å². The molecule has 14 aromatic rings. The Bertz CT molecular complexity index is 5330. The zero-order valence-electron chi connectivity index (χ0n) is 73.9. The molecule has 0 unspecified atom stereocenters. The Hall–Kier alpha value is -9.18. The summed E-state index contributed by atoms with van der Waals surface area (Å²) >= 11 is 0. The van der Waals surface area contributed by atoms with Gasteiger partial charge in [0.1, 0.15) is 11.5 Å². The zero-order chi connectivity index (χ0) is 82.5. The number of aryl methyl sites for hydroxylation is 2. The van der Waals surface area contributed by atoms with E-state index in [0.29, 0.717) is 0 Å². The van der Waals surface area contributed by atoms with E-state index in [9.17, 15) is 0 Å². The van der Waals surface area contributed by atoms with E-state index >= 15 is 0 Å². The summed E-state index contributed by atoms with van der Waals surface area (Å²) in [4.78, 5) is 0. The average molecular weight is 1570 g/mol. The van der Waals surface area contributed by atoms with Crippen LogP contribution in [0, 0.1) is 0 Å². The van der Waals surface area contributed by atoms with Crippen molar-refractivity contribution < 1.29 is 9.05 Å². The maximum absolute atomic E-state index is 8.49. The van der Waals surface area contributed by atoms with Crippen molar-refractivity contribution in [3.05, 3.63) is 286 Å². The first kappa shape index (κ1) is 80.6. The molecule has 4 heterocycles. The van der Waals surface area contributed by atoms with Gasteiger partial charge in [-0.05, 0) is 267 Å². The fourth-order valence-electron chi connectivity index (χ4n) is 17.7. The first-order valence-electron chi connectivity index (χ1n) is 42.9. The molecule has 4 aromatic heterocycles.